The largest absolute Gasteiger partial charge is 0.493 e. The normalized spacial score (nSPS) is 12.5. The van der Waals surface area contributed by atoms with Gasteiger partial charge >= 0.3 is 5.97 Å². The molecule has 0 spiro atoms. The van der Waals surface area contributed by atoms with Crippen LogP contribution in [-0.2, 0) is 24.1 Å². The molecule has 0 fully saturated rings. The Bertz CT molecular complexity index is 712. The third-order valence-electron chi connectivity index (χ3n) is 4.28. The molecule has 24 heavy (non-hydrogen) atoms. The van der Waals surface area contributed by atoms with E-state index >= 15 is 0 Å². The van der Waals surface area contributed by atoms with Crippen molar-refractivity contribution in [1.29, 1.82) is 0 Å². The minimum Gasteiger partial charge on any atom is -0.493 e. The topological polar surface area (TPSA) is 58.6 Å². The van der Waals surface area contributed by atoms with Crippen LogP contribution in [0.5, 0.6) is 5.75 Å². The van der Waals surface area contributed by atoms with Crippen molar-refractivity contribution in [2.75, 3.05) is 18.5 Å². The molecule has 4 heteroatoms. The number of carboxylic acids is 1. The number of carboxylic acid groups (broad SMARTS) is 1. The molecule has 0 atom stereocenters. The molecule has 0 saturated carbocycles. The van der Waals surface area contributed by atoms with Gasteiger partial charge in [0.1, 0.15) is 5.75 Å². The van der Waals surface area contributed by atoms with Crippen LogP contribution in [0.25, 0.3) is 0 Å². The highest BCUT2D eigenvalue weighted by Gasteiger charge is 2.11. The van der Waals surface area contributed by atoms with Crippen LogP contribution in [0.4, 0.5) is 5.69 Å². The highest BCUT2D eigenvalue weighted by Crippen LogP contribution is 2.26. The second kappa shape index (κ2) is 7.86. The van der Waals surface area contributed by atoms with Crippen molar-refractivity contribution in [3.8, 4) is 5.75 Å². The number of benzene rings is 2. The first-order valence-corrected chi connectivity index (χ1v) is 8.50. The van der Waals surface area contributed by atoms with Gasteiger partial charge in [0, 0.05) is 25.1 Å². The predicted molar refractivity (Wildman–Crippen MR) is 94.9 cm³/mol. The van der Waals surface area contributed by atoms with Gasteiger partial charge in [0.2, 0.25) is 0 Å². The van der Waals surface area contributed by atoms with Crippen LogP contribution in [-0.4, -0.2) is 24.2 Å². The predicted octanol–water partition coefficient (Wildman–Crippen LogP) is 3.68. The molecule has 1 aliphatic rings. The van der Waals surface area contributed by atoms with Crippen LogP contribution < -0.4 is 10.1 Å². The van der Waals surface area contributed by atoms with Crippen molar-refractivity contribution >= 4 is 11.7 Å². The molecule has 126 valence electrons. The lowest BCUT2D eigenvalue weighted by molar-refractivity contribution is -0.136. The molecule has 0 saturated heterocycles. The fourth-order valence-electron chi connectivity index (χ4n) is 3.01. The van der Waals surface area contributed by atoms with Gasteiger partial charge in [-0.05, 0) is 54.2 Å². The van der Waals surface area contributed by atoms with E-state index in [0.717, 1.165) is 49.4 Å². The van der Waals surface area contributed by atoms with E-state index in [-0.39, 0.29) is 6.42 Å². The van der Waals surface area contributed by atoms with Gasteiger partial charge in [-0.25, -0.2) is 0 Å². The van der Waals surface area contributed by atoms with Gasteiger partial charge in [0.15, 0.2) is 0 Å². The van der Waals surface area contributed by atoms with Crippen molar-refractivity contribution in [1.82, 2.24) is 0 Å². The summed E-state index contributed by atoms with van der Waals surface area (Å²) in [5.41, 5.74) is 4.80. The van der Waals surface area contributed by atoms with Crippen LogP contribution in [0.15, 0.2) is 42.5 Å². The Hall–Kier alpha value is -2.49. The van der Waals surface area contributed by atoms with Crippen molar-refractivity contribution in [2.45, 2.75) is 32.1 Å². The Balaban J connectivity index is 1.44. The molecule has 1 aliphatic heterocycles. The Morgan fingerprint density at radius 1 is 1.12 bits per heavy atom. The quantitative estimate of drug-likeness (QED) is 0.727. The van der Waals surface area contributed by atoms with Gasteiger partial charge in [-0.15, -0.1) is 0 Å². The molecule has 0 unspecified atom stereocenters. The second-order valence-electron chi connectivity index (χ2n) is 6.16. The molecule has 4 nitrogen and oxygen atoms in total. The van der Waals surface area contributed by atoms with E-state index in [1.807, 2.05) is 24.3 Å². The van der Waals surface area contributed by atoms with Crippen LogP contribution in [0.1, 0.15) is 29.5 Å². The van der Waals surface area contributed by atoms with Crippen molar-refractivity contribution in [2.24, 2.45) is 0 Å². The van der Waals surface area contributed by atoms with Gasteiger partial charge in [-0.1, -0.05) is 24.3 Å². The van der Waals surface area contributed by atoms with E-state index in [0.29, 0.717) is 6.42 Å². The van der Waals surface area contributed by atoms with Crippen LogP contribution >= 0.6 is 0 Å². The molecule has 0 aromatic heterocycles. The highest BCUT2D eigenvalue weighted by molar-refractivity contribution is 5.67. The van der Waals surface area contributed by atoms with E-state index in [4.69, 9.17) is 9.84 Å². The number of rotatable bonds is 8. The standard InChI is InChI=1S/C20H23NO3/c22-20(23)9-7-16-3-1-5-18(14-16)21-11-2-4-15-6-8-19-17(13-15)10-12-24-19/h1,3,5-6,8,13-14,21H,2,4,7,9-12H2,(H,22,23). The molecule has 0 aliphatic carbocycles. The summed E-state index contributed by atoms with van der Waals surface area (Å²) in [4.78, 5) is 10.7. The average molecular weight is 325 g/mol. The van der Waals surface area contributed by atoms with Gasteiger partial charge in [-0.2, -0.15) is 0 Å². The Morgan fingerprint density at radius 3 is 2.88 bits per heavy atom. The lowest BCUT2D eigenvalue weighted by Gasteiger charge is -2.09. The van der Waals surface area contributed by atoms with Crippen LogP contribution in [0.2, 0.25) is 0 Å². The first kappa shape index (κ1) is 16.4. The summed E-state index contributed by atoms with van der Waals surface area (Å²) in [6.07, 6.45) is 3.86. The zero-order chi connectivity index (χ0) is 16.8. The summed E-state index contributed by atoms with van der Waals surface area (Å²) in [5.74, 6) is 0.281. The molecule has 1 heterocycles. The van der Waals surface area contributed by atoms with Crippen LogP contribution in [0.3, 0.4) is 0 Å². The zero-order valence-corrected chi connectivity index (χ0v) is 13.8. The Morgan fingerprint density at radius 2 is 2.00 bits per heavy atom. The molecule has 2 N–H and O–H groups in total. The Kier molecular flexibility index (Phi) is 5.36. The Labute approximate surface area is 142 Å². The highest BCUT2D eigenvalue weighted by atomic mass is 16.5. The number of ether oxygens (including phenoxy) is 1. The summed E-state index contributed by atoms with van der Waals surface area (Å²) in [5, 5.41) is 12.2. The zero-order valence-electron chi connectivity index (χ0n) is 13.8. The summed E-state index contributed by atoms with van der Waals surface area (Å²) in [6, 6.07) is 14.5. The molecule has 3 rings (SSSR count). The molecule has 0 amide bonds. The molecule has 0 bridgehead atoms. The van der Waals surface area contributed by atoms with E-state index in [1.165, 1.54) is 11.1 Å². The van der Waals surface area contributed by atoms with E-state index in [9.17, 15) is 4.79 Å². The number of nitrogens with one attached hydrogen (secondary N) is 1. The van der Waals surface area contributed by atoms with Gasteiger partial charge in [-0.3, -0.25) is 4.79 Å². The van der Waals surface area contributed by atoms with E-state index in [2.05, 4.69) is 23.5 Å². The average Bonchev–Trinajstić information content (AvgIpc) is 3.05. The summed E-state index contributed by atoms with van der Waals surface area (Å²) < 4.78 is 5.53. The maximum absolute atomic E-state index is 10.7. The summed E-state index contributed by atoms with van der Waals surface area (Å²) in [7, 11) is 0. The van der Waals surface area contributed by atoms with E-state index < -0.39 is 5.97 Å². The lowest BCUT2D eigenvalue weighted by Crippen LogP contribution is -2.04. The minimum absolute atomic E-state index is 0.172. The number of fused-ring (bicyclic) bond motifs is 1. The smallest absolute Gasteiger partial charge is 0.303 e. The number of aliphatic carboxylic acids is 1. The van der Waals surface area contributed by atoms with Crippen molar-refractivity contribution in [3.05, 3.63) is 59.2 Å². The van der Waals surface area contributed by atoms with Crippen molar-refractivity contribution < 1.29 is 14.6 Å². The number of hydrogen-bond donors (Lipinski definition) is 2. The maximum Gasteiger partial charge on any atom is 0.303 e. The lowest BCUT2D eigenvalue weighted by atomic mass is 10.0. The fraction of sp³-hybridized carbons (Fsp3) is 0.350. The maximum atomic E-state index is 10.7. The number of aryl methyl sites for hydroxylation is 2. The number of hydrogen-bond acceptors (Lipinski definition) is 3. The first-order valence-electron chi connectivity index (χ1n) is 8.50. The van der Waals surface area contributed by atoms with Crippen LogP contribution in [0, 0.1) is 0 Å². The number of anilines is 1. The fourth-order valence-corrected chi connectivity index (χ4v) is 3.01. The molecular formula is C20H23NO3. The molecule has 2 aromatic rings. The summed E-state index contributed by atoms with van der Waals surface area (Å²) >= 11 is 0. The van der Waals surface area contributed by atoms with E-state index in [1.54, 1.807) is 0 Å². The monoisotopic (exact) mass is 325 g/mol. The second-order valence-corrected chi connectivity index (χ2v) is 6.16. The molecular weight excluding hydrogens is 302 g/mol. The van der Waals surface area contributed by atoms with Crippen molar-refractivity contribution in [3.63, 3.8) is 0 Å². The SMILES string of the molecule is O=C(O)CCc1cccc(NCCCc2ccc3c(c2)CCO3)c1. The number of carbonyl (C=O) groups is 1. The van der Waals surface area contributed by atoms with Gasteiger partial charge < -0.3 is 15.2 Å². The molecule has 2 aromatic carbocycles. The summed E-state index contributed by atoms with van der Waals surface area (Å²) in [6.45, 7) is 1.70. The first-order chi connectivity index (χ1) is 11.7. The van der Waals surface area contributed by atoms with Gasteiger partial charge in [0.05, 0.1) is 6.61 Å². The van der Waals surface area contributed by atoms with Gasteiger partial charge in [0.25, 0.3) is 0 Å². The third kappa shape index (κ3) is 4.51. The minimum atomic E-state index is -0.756. The molecule has 0 radical (unpaired) electrons. The third-order valence-corrected chi connectivity index (χ3v) is 4.28.